The minimum Gasteiger partial charge on any atom is -0.384 e. The summed E-state index contributed by atoms with van der Waals surface area (Å²) in [6.07, 6.45) is 4.37. The number of nitriles is 1. The highest BCUT2D eigenvalue weighted by atomic mass is 32.2. The zero-order chi connectivity index (χ0) is 11.9. The van der Waals surface area contributed by atoms with Crippen LogP contribution in [-0.4, -0.2) is 36.8 Å². The van der Waals surface area contributed by atoms with Crippen LogP contribution in [0.4, 0.5) is 0 Å². The molecule has 2 unspecified atom stereocenters. The van der Waals surface area contributed by atoms with Crippen LogP contribution in [-0.2, 0) is 4.74 Å². The molecule has 0 aliphatic heterocycles. The molecule has 1 aliphatic carbocycles. The van der Waals surface area contributed by atoms with Crippen molar-refractivity contribution in [3.8, 4) is 6.07 Å². The van der Waals surface area contributed by atoms with Gasteiger partial charge in [-0.2, -0.15) is 17.0 Å². The lowest BCUT2D eigenvalue weighted by molar-refractivity contribution is 0.218. The van der Waals surface area contributed by atoms with Crippen molar-refractivity contribution in [3.05, 3.63) is 0 Å². The second-order valence-corrected chi connectivity index (χ2v) is 5.71. The van der Waals surface area contributed by atoms with Crippen LogP contribution >= 0.6 is 11.8 Å². The van der Waals surface area contributed by atoms with Gasteiger partial charge in [0.25, 0.3) is 0 Å². The number of thioether (sulfide) groups is 1. The van der Waals surface area contributed by atoms with Crippen LogP contribution < -0.4 is 5.32 Å². The van der Waals surface area contributed by atoms with Gasteiger partial charge in [0.1, 0.15) is 5.54 Å². The first-order valence-electron chi connectivity index (χ1n) is 6.03. The zero-order valence-corrected chi connectivity index (χ0v) is 11.1. The largest absolute Gasteiger partial charge is 0.384 e. The van der Waals surface area contributed by atoms with E-state index >= 15 is 0 Å². The third-order valence-electron chi connectivity index (χ3n) is 3.08. The Kier molecular flexibility index (Phi) is 6.18. The van der Waals surface area contributed by atoms with Gasteiger partial charge in [-0.05, 0) is 32.2 Å². The van der Waals surface area contributed by atoms with Gasteiger partial charge in [-0.3, -0.25) is 5.32 Å². The Labute approximate surface area is 103 Å². The predicted octanol–water partition coefficient (Wildman–Crippen LogP) is 2.18. The van der Waals surface area contributed by atoms with Crippen LogP contribution in [0.5, 0.6) is 0 Å². The minimum atomic E-state index is -0.266. The molecule has 1 rings (SSSR count). The monoisotopic (exact) mass is 242 g/mol. The van der Waals surface area contributed by atoms with E-state index in [0.29, 0.717) is 5.25 Å². The maximum absolute atomic E-state index is 9.32. The highest BCUT2D eigenvalue weighted by Gasteiger charge is 2.35. The third-order valence-corrected chi connectivity index (χ3v) is 4.35. The number of nitrogens with zero attached hydrogens (tertiary/aromatic N) is 1. The zero-order valence-electron chi connectivity index (χ0n) is 10.3. The minimum absolute atomic E-state index is 0.266. The molecule has 92 valence electrons. The van der Waals surface area contributed by atoms with Crippen molar-refractivity contribution in [2.45, 2.75) is 43.4 Å². The first-order chi connectivity index (χ1) is 7.76. The lowest BCUT2D eigenvalue weighted by Gasteiger charge is -2.36. The number of nitrogens with one attached hydrogen (secondary N) is 1. The molecule has 1 N–H and O–H groups in total. The summed E-state index contributed by atoms with van der Waals surface area (Å²) in [5.74, 6) is 1.04. The van der Waals surface area contributed by atoms with Crippen LogP contribution in [0.25, 0.3) is 0 Å². The van der Waals surface area contributed by atoms with Crippen molar-refractivity contribution in [3.63, 3.8) is 0 Å². The van der Waals surface area contributed by atoms with E-state index in [1.54, 1.807) is 7.11 Å². The average molecular weight is 242 g/mol. The van der Waals surface area contributed by atoms with Crippen LogP contribution in [0.15, 0.2) is 0 Å². The van der Waals surface area contributed by atoms with E-state index in [1.807, 2.05) is 11.8 Å². The molecule has 0 bridgehead atoms. The maximum Gasteiger partial charge on any atom is 0.107 e. The Morgan fingerprint density at radius 2 is 2.44 bits per heavy atom. The number of rotatable bonds is 6. The molecule has 2 atom stereocenters. The highest BCUT2D eigenvalue weighted by molar-refractivity contribution is 7.99. The standard InChI is InChI=1S/C12H22N2OS/c1-3-14-12(10-13)6-4-5-11(9-12)16-8-7-15-2/h11,14H,3-9H2,1-2H3. The fourth-order valence-electron chi connectivity index (χ4n) is 2.30. The smallest absolute Gasteiger partial charge is 0.107 e. The quantitative estimate of drug-likeness (QED) is 0.725. The van der Waals surface area contributed by atoms with Gasteiger partial charge in [0.15, 0.2) is 0 Å². The van der Waals surface area contributed by atoms with Crippen molar-refractivity contribution >= 4 is 11.8 Å². The molecular weight excluding hydrogens is 220 g/mol. The Morgan fingerprint density at radius 3 is 3.06 bits per heavy atom. The van der Waals surface area contributed by atoms with Crippen LogP contribution in [0, 0.1) is 11.3 Å². The normalized spacial score (nSPS) is 29.9. The van der Waals surface area contributed by atoms with E-state index < -0.39 is 0 Å². The van der Waals surface area contributed by atoms with Gasteiger partial charge in [0, 0.05) is 18.1 Å². The molecule has 0 heterocycles. The fourth-order valence-corrected chi connectivity index (χ4v) is 3.64. The lowest BCUT2D eigenvalue weighted by atomic mass is 9.82. The molecular formula is C12H22N2OS. The van der Waals surface area contributed by atoms with Crippen molar-refractivity contribution in [2.24, 2.45) is 0 Å². The van der Waals surface area contributed by atoms with Crippen LogP contribution in [0.2, 0.25) is 0 Å². The molecule has 0 aromatic carbocycles. The number of hydrogen-bond acceptors (Lipinski definition) is 4. The van der Waals surface area contributed by atoms with Gasteiger partial charge in [-0.15, -0.1) is 0 Å². The molecule has 16 heavy (non-hydrogen) atoms. The summed E-state index contributed by atoms with van der Waals surface area (Å²) in [7, 11) is 1.74. The second-order valence-electron chi connectivity index (χ2n) is 4.31. The Hall–Kier alpha value is -0.240. The van der Waals surface area contributed by atoms with E-state index in [-0.39, 0.29) is 5.54 Å². The van der Waals surface area contributed by atoms with E-state index in [2.05, 4.69) is 18.3 Å². The third kappa shape index (κ3) is 3.97. The summed E-state index contributed by atoms with van der Waals surface area (Å²) in [6.45, 7) is 3.76. The van der Waals surface area contributed by atoms with Gasteiger partial charge < -0.3 is 4.74 Å². The summed E-state index contributed by atoms with van der Waals surface area (Å²) >= 11 is 1.95. The topological polar surface area (TPSA) is 45.0 Å². The van der Waals surface area contributed by atoms with E-state index in [0.717, 1.165) is 38.2 Å². The molecule has 0 spiro atoms. The molecule has 0 aromatic rings. The van der Waals surface area contributed by atoms with Crippen molar-refractivity contribution < 1.29 is 4.74 Å². The van der Waals surface area contributed by atoms with E-state index in [4.69, 9.17) is 4.74 Å². The van der Waals surface area contributed by atoms with Crippen molar-refractivity contribution in [1.82, 2.24) is 5.32 Å². The average Bonchev–Trinajstić information content (AvgIpc) is 2.30. The second kappa shape index (κ2) is 7.16. The summed E-state index contributed by atoms with van der Waals surface area (Å²) in [4.78, 5) is 0. The molecule has 0 saturated heterocycles. The number of hydrogen-bond donors (Lipinski definition) is 1. The van der Waals surface area contributed by atoms with E-state index in [9.17, 15) is 5.26 Å². The summed E-state index contributed by atoms with van der Waals surface area (Å²) in [6, 6.07) is 2.48. The summed E-state index contributed by atoms with van der Waals surface area (Å²) < 4.78 is 5.06. The van der Waals surface area contributed by atoms with Crippen molar-refractivity contribution in [1.29, 1.82) is 5.26 Å². The fraction of sp³-hybridized carbons (Fsp3) is 0.917. The molecule has 1 fully saturated rings. The van der Waals surface area contributed by atoms with E-state index in [1.165, 1.54) is 6.42 Å². The number of methoxy groups -OCH3 is 1. The predicted molar refractivity (Wildman–Crippen MR) is 68.6 cm³/mol. The van der Waals surface area contributed by atoms with Gasteiger partial charge in [0.2, 0.25) is 0 Å². The SMILES string of the molecule is CCNC1(C#N)CCCC(SCCOC)C1. The molecule has 0 radical (unpaired) electrons. The molecule has 1 aliphatic rings. The van der Waals surface area contributed by atoms with Crippen molar-refractivity contribution in [2.75, 3.05) is 26.0 Å². The van der Waals surface area contributed by atoms with Gasteiger partial charge >= 0.3 is 0 Å². The molecule has 0 amide bonds. The van der Waals surface area contributed by atoms with Gasteiger partial charge in [-0.1, -0.05) is 6.92 Å². The van der Waals surface area contributed by atoms with Crippen LogP contribution in [0.1, 0.15) is 32.6 Å². The lowest BCUT2D eigenvalue weighted by Crippen LogP contribution is -2.48. The first kappa shape index (κ1) is 13.8. The number of ether oxygens (including phenoxy) is 1. The molecule has 4 heteroatoms. The Bertz CT molecular complexity index is 238. The Balaban J connectivity index is 2.42. The summed E-state index contributed by atoms with van der Waals surface area (Å²) in [5, 5.41) is 13.3. The van der Waals surface area contributed by atoms with Crippen LogP contribution in [0.3, 0.4) is 0 Å². The Morgan fingerprint density at radius 1 is 1.62 bits per heavy atom. The van der Waals surface area contributed by atoms with Gasteiger partial charge in [-0.25, -0.2) is 0 Å². The summed E-state index contributed by atoms with van der Waals surface area (Å²) in [5.41, 5.74) is -0.266. The molecule has 3 nitrogen and oxygen atoms in total. The molecule has 1 saturated carbocycles. The first-order valence-corrected chi connectivity index (χ1v) is 7.08. The molecule has 0 aromatic heterocycles. The van der Waals surface area contributed by atoms with Gasteiger partial charge in [0.05, 0.1) is 12.7 Å². The highest BCUT2D eigenvalue weighted by Crippen LogP contribution is 2.34. The maximum atomic E-state index is 9.32.